The van der Waals surface area contributed by atoms with Crippen LogP contribution in [0.25, 0.3) is 0 Å². The number of hydrogen-bond donors (Lipinski definition) is 1. The third-order valence-corrected chi connectivity index (χ3v) is 12.3. The zero-order valence-electron chi connectivity index (χ0n) is 43.8. The number of allylic oxidation sites excluding steroid dienone is 1. The minimum atomic E-state index is -0.901. The lowest BCUT2D eigenvalue weighted by atomic mass is 9.75. The molecule has 2 saturated heterocycles. The van der Waals surface area contributed by atoms with Gasteiger partial charge in [0.05, 0.1) is 39.7 Å². The fourth-order valence-electron chi connectivity index (χ4n) is 7.32. The highest BCUT2D eigenvalue weighted by Crippen LogP contribution is 2.28. The largest absolute Gasteiger partial charge is 0.493 e. The van der Waals surface area contributed by atoms with Crippen molar-refractivity contribution in [3.8, 4) is 0 Å². The van der Waals surface area contributed by atoms with E-state index in [9.17, 15) is 33.9 Å². The van der Waals surface area contributed by atoms with Gasteiger partial charge in [-0.1, -0.05) is 134 Å². The number of rotatable bonds is 19. The maximum absolute atomic E-state index is 12.6. The molecule has 6 aromatic carbocycles. The number of benzene rings is 6. The van der Waals surface area contributed by atoms with E-state index in [1.807, 2.05) is 60.7 Å². The molecule has 2 fully saturated rings. The minimum absolute atomic E-state index is 0.0427. The number of hydrogen-bond acceptors (Lipinski definition) is 16. The Morgan fingerprint density at radius 3 is 0.987 bits per heavy atom. The smallest absolute Gasteiger partial charge is 0.461 e. The predicted molar refractivity (Wildman–Crippen MR) is 295 cm³/mol. The predicted octanol–water partition coefficient (Wildman–Crippen LogP) is 7.70. The summed E-state index contributed by atoms with van der Waals surface area (Å²) in [5.74, 6) is -2.38. The summed E-state index contributed by atoms with van der Waals surface area (Å²) in [5, 5.41) is 8.77. The molecule has 2 aliphatic rings. The van der Waals surface area contributed by atoms with Crippen LogP contribution in [0, 0.1) is 10.8 Å². The monoisotopic (exact) mass is 1090 g/mol. The zero-order chi connectivity index (χ0) is 56.6. The second-order valence-electron chi connectivity index (χ2n) is 18.7. The maximum atomic E-state index is 12.6. The second kappa shape index (κ2) is 30.3. The molecule has 2 aliphatic heterocycles. The number of halogens is 1. The van der Waals surface area contributed by atoms with E-state index in [1.54, 1.807) is 123 Å². The molecule has 0 bridgehead atoms. The molecule has 0 amide bonds. The van der Waals surface area contributed by atoms with Gasteiger partial charge in [-0.05, 0) is 96.0 Å². The van der Waals surface area contributed by atoms with Crippen molar-refractivity contribution >= 4 is 71.9 Å². The van der Waals surface area contributed by atoms with Crippen LogP contribution in [-0.2, 0) is 65.1 Å². The molecule has 1 N–H and O–H groups in total. The van der Waals surface area contributed by atoms with Crippen LogP contribution < -0.4 is 10.9 Å². The molecule has 0 unspecified atom stereocenters. The Hall–Kier alpha value is -7.96. The standard InChI is InChI=1S/C30H29BO8.C26H25BO7.C4H5ClO/c1-22(2)27(32)35-17-23-13-15-26(16-14-23)31-38-20-30(21-39-31,18-36-28(33)24-9-5-3-6-10-24)19-37-29(34)25-11-7-4-8-12-25;28-15-20-11-13-23(14-12-20)27-33-18-26(19-34-27,16-31-24(29)21-7-3-1-4-8-21)17-32-25(30)22-9-5-2-6-10-22;1-3(2)4(5)6/h3-16H,1,17-21H2,2H3;1-14,28H,15-19H2;1H2,2H3. The molecular formula is C60H59B2ClO16. The summed E-state index contributed by atoms with van der Waals surface area (Å²) >= 11 is 4.87. The molecule has 8 rings (SSSR count). The molecule has 6 aromatic rings. The van der Waals surface area contributed by atoms with Gasteiger partial charge in [-0.3, -0.25) is 4.79 Å². The fraction of sp³-hybridized carbons (Fsp3) is 0.233. The van der Waals surface area contributed by atoms with E-state index in [-0.39, 0.29) is 66.1 Å². The molecule has 0 atom stereocenters. The average molecular weight is 1090 g/mol. The van der Waals surface area contributed by atoms with Gasteiger partial charge in [0.25, 0.3) is 0 Å². The molecule has 0 spiro atoms. The van der Waals surface area contributed by atoms with E-state index in [4.69, 9.17) is 53.9 Å². The van der Waals surface area contributed by atoms with Gasteiger partial charge >= 0.3 is 44.1 Å². The van der Waals surface area contributed by atoms with Crippen LogP contribution in [0.4, 0.5) is 0 Å². The van der Waals surface area contributed by atoms with E-state index < -0.39 is 60.2 Å². The van der Waals surface area contributed by atoms with E-state index in [0.717, 1.165) is 22.1 Å². The van der Waals surface area contributed by atoms with Crippen molar-refractivity contribution in [3.05, 3.63) is 228 Å². The van der Waals surface area contributed by atoms with Gasteiger partial charge in [-0.15, -0.1) is 0 Å². The lowest BCUT2D eigenvalue weighted by Gasteiger charge is -2.38. The van der Waals surface area contributed by atoms with Gasteiger partial charge in [0.1, 0.15) is 33.0 Å². The first kappa shape index (κ1) is 60.3. The average Bonchev–Trinajstić information content (AvgIpc) is 3.51. The molecule has 79 heavy (non-hydrogen) atoms. The van der Waals surface area contributed by atoms with Crippen molar-refractivity contribution in [1.29, 1.82) is 0 Å². The first-order valence-corrected chi connectivity index (χ1v) is 25.3. The van der Waals surface area contributed by atoms with Crippen molar-refractivity contribution in [2.75, 3.05) is 52.9 Å². The zero-order valence-corrected chi connectivity index (χ0v) is 44.5. The summed E-state index contributed by atoms with van der Waals surface area (Å²) < 4.78 is 51.5. The Bertz CT molecular complexity index is 2840. The molecular weight excluding hydrogens is 1030 g/mol. The van der Waals surface area contributed by atoms with Gasteiger partial charge in [0, 0.05) is 37.6 Å². The lowest BCUT2D eigenvalue weighted by molar-refractivity contribution is -0.140. The summed E-state index contributed by atoms with van der Waals surface area (Å²) in [7, 11) is -1.28. The van der Waals surface area contributed by atoms with E-state index >= 15 is 0 Å². The van der Waals surface area contributed by atoms with Crippen LogP contribution in [0.2, 0.25) is 0 Å². The molecule has 0 radical (unpaired) electrons. The minimum Gasteiger partial charge on any atom is -0.461 e. The van der Waals surface area contributed by atoms with Crippen LogP contribution in [-0.4, -0.2) is 107 Å². The van der Waals surface area contributed by atoms with Crippen molar-refractivity contribution in [2.45, 2.75) is 27.1 Å². The molecule has 0 aromatic heterocycles. The molecule has 0 aliphatic carbocycles. The van der Waals surface area contributed by atoms with Gasteiger partial charge in [-0.2, -0.15) is 0 Å². The topological polar surface area (TPSA) is 206 Å². The molecule has 408 valence electrons. The van der Waals surface area contributed by atoms with Gasteiger partial charge in [-0.25, -0.2) is 24.0 Å². The van der Waals surface area contributed by atoms with Gasteiger partial charge in [0.15, 0.2) is 0 Å². The number of ether oxygens (including phenoxy) is 5. The number of esters is 5. The molecule has 0 saturated carbocycles. The Balaban J connectivity index is 0.000000233. The second-order valence-corrected chi connectivity index (χ2v) is 19.1. The van der Waals surface area contributed by atoms with Gasteiger partial charge in [0.2, 0.25) is 5.24 Å². The Labute approximate surface area is 464 Å². The summed E-state index contributed by atoms with van der Waals surface area (Å²) in [6.45, 7) is 10.4. The first-order chi connectivity index (χ1) is 38.1. The highest BCUT2D eigenvalue weighted by molar-refractivity contribution is 6.67. The Kier molecular flexibility index (Phi) is 23.1. The van der Waals surface area contributed by atoms with Gasteiger partial charge < -0.3 is 47.4 Å². The highest BCUT2D eigenvalue weighted by Gasteiger charge is 2.44. The third kappa shape index (κ3) is 18.9. The SMILES string of the molecule is C=C(C)C(=O)Cl.C=C(C)C(=O)OCc1ccc(B2OCC(COC(=O)c3ccccc3)(COC(=O)c3ccccc3)CO2)cc1.O=C(OCC1(COC(=O)c2ccccc2)COB(c2ccc(CO)cc2)OC1)c1ccccc1. The van der Waals surface area contributed by atoms with E-state index in [2.05, 4.69) is 13.2 Å². The fourth-order valence-corrected chi connectivity index (χ4v) is 7.32. The molecule has 2 heterocycles. The maximum Gasteiger partial charge on any atom is 0.493 e. The van der Waals surface area contributed by atoms with Crippen LogP contribution >= 0.6 is 11.6 Å². The Morgan fingerprint density at radius 2 is 0.734 bits per heavy atom. The Morgan fingerprint density at radius 1 is 0.456 bits per heavy atom. The van der Waals surface area contributed by atoms with Crippen molar-refractivity contribution < 1.29 is 76.2 Å². The van der Waals surface area contributed by atoms with E-state index in [1.165, 1.54) is 0 Å². The normalized spacial score (nSPS) is 14.0. The van der Waals surface area contributed by atoms with Crippen LogP contribution in [0.5, 0.6) is 0 Å². The first-order valence-electron chi connectivity index (χ1n) is 24.9. The van der Waals surface area contributed by atoms with Crippen molar-refractivity contribution in [3.63, 3.8) is 0 Å². The highest BCUT2D eigenvalue weighted by atomic mass is 35.5. The number of carbonyl (C=O) groups excluding carboxylic acids is 6. The molecule has 16 nitrogen and oxygen atoms in total. The summed E-state index contributed by atoms with van der Waals surface area (Å²) in [6.07, 6.45) is 0. The number of aliphatic hydroxyl groups is 1. The van der Waals surface area contributed by atoms with E-state index in [0.29, 0.717) is 33.4 Å². The van der Waals surface area contributed by atoms with Crippen molar-refractivity contribution in [2.24, 2.45) is 10.8 Å². The summed E-state index contributed by atoms with van der Waals surface area (Å²) in [5.41, 5.74) is 3.80. The van der Waals surface area contributed by atoms with Crippen molar-refractivity contribution in [1.82, 2.24) is 0 Å². The summed E-state index contributed by atoms with van der Waals surface area (Å²) in [4.78, 5) is 71.6. The summed E-state index contributed by atoms with van der Waals surface area (Å²) in [6, 6.07) is 49.2. The number of carbonyl (C=O) groups is 6. The van der Waals surface area contributed by atoms with Crippen LogP contribution in [0.15, 0.2) is 194 Å². The third-order valence-electron chi connectivity index (χ3n) is 12.0. The molecule has 19 heteroatoms. The quantitative estimate of drug-likeness (QED) is 0.0271. The lowest BCUT2D eigenvalue weighted by Crippen LogP contribution is -2.53. The van der Waals surface area contributed by atoms with Crippen LogP contribution in [0.3, 0.4) is 0 Å². The van der Waals surface area contributed by atoms with Crippen LogP contribution in [0.1, 0.15) is 66.4 Å². The number of aliphatic hydroxyl groups excluding tert-OH is 1.